The quantitative estimate of drug-likeness (QED) is 0.546. The van der Waals surface area contributed by atoms with Crippen LogP contribution in [0.2, 0.25) is 0 Å². The molecule has 0 saturated carbocycles. The van der Waals surface area contributed by atoms with E-state index in [4.69, 9.17) is 4.74 Å². The standard InChI is InChI=1S/C21H23N7O4S/c1-27-10-13(8-25-27)21(4-2-7-32-21)20(31)28-11-14(15(29)12-28)26-18(30)16-9-24-19(33-16)17-22-5-3-6-23-17/h3,5-6,8-10,14-15,29H,2,4,7,11-12H2,1H3,(H,26,30)/t14-,15-,21?/m1/s1. The number of carbonyl (C=O) groups excluding carboxylic acids is 2. The lowest BCUT2D eigenvalue weighted by Gasteiger charge is -2.30. The highest BCUT2D eigenvalue weighted by atomic mass is 32.1. The summed E-state index contributed by atoms with van der Waals surface area (Å²) in [5.41, 5.74) is -0.399. The van der Waals surface area contributed by atoms with Crippen LogP contribution in [0, 0.1) is 0 Å². The van der Waals surface area contributed by atoms with Crippen molar-refractivity contribution >= 4 is 23.2 Å². The van der Waals surface area contributed by atoms with E-state index < -0.39 is 17.7 Å². The minimum absolute atomic E-state index is 0.112. The lowest BCUT2D eigenvalue weighted by atomic mass is 9.91. The molecule has 12 heteroatoms. The first-order chi connectivity index (χ1) is 16.0. The molecule has 3 aromatic rings. The van der Waals surface area contributed by atoms with Crippen molar-refractivity contribution in [2.45, 2.75) is 30.6 Å². The maximum absolute atomic E-state index is 13.5. The Morgan fingerprint density at radius 3 is 2.76 bits per heavy atom. The third-order valence-corrected chi connectivity index (χ3v) is 6.91. The van der Waals surface area contributed by atoms with E-state index in [-0.39, 0.29) is 24.9 Å². The summed E-state index contributed by atoms with van der Waals surface area (Å²) in [4.78, 5) is 40.7. The number of aromatic nitrogens is 5. The van der Waals surface area contributed by atoms with Gasteiger partial charge in [0.15, 0.2) is 16.4 Å². The van der Waals surface area contributed by atoms with Crippen LogP contribution in [0.4, 0.5) is 0 Å². The Labute approximate surface area is 193 Å². The molecule has 5 rings (SSSR count). The number of aliphatic hydroxyl groups is 1. The zero-order chi connectivity index (χ0) is 23.0. The largest absolute Gasteiger partial charge is 0.389 e. The Bertz CT molecular complexity index is 1160. The number of ether oxygens (including phenoxy) is 1. The minimum Gasteiger partial charge on any atom is -0.389 e. The summed E-state index contributed by atoms with van der Waals surface area (Å²) in [6.45, 7) is 0.779. The number of hydrogen-bond donors (Lipinski definition) is 2. The molecule has 33 heavy (non-hydrogen) atoms. The van der Waals surface area contributed by atoms with E-state index in [1.165, 1.54) is 17.5 Å². The van der Waals surface area contributed by atoms with Crippen LogP contribution in [0.5, 0.6) is 0 Å². The molecule has 0 bridgehead atoms. The average Bonchev–Trinajstić information content (AvgIpc) is 3.62. The number of hydrogen-bond acceptors (Lipinski definition) is 9. The van der Waals surface area contributed by atoms with Gasteiger partial charge in [0.25, 0.3) is 11.8 Å². The van der Waals surface area contributed by atoms with Gasteiger partial charge in [-0.1, -0.05) is 0 Å². The highest BCUT2D eigenvalue weighted by molar-refractivity contribution is 7.16. The molecule has 0 spiro atoms. The number of carbonyl (C=O) groups is 2. The van der Waals surface area contributed by atoms with E-state index in [2.05, 4.69) is 25.4 Å². The molecule has 172 valence electrons. The van der Waals surface area contributed by atoms with Gasteiger partial charge in [-0.3, -0.25) is 14.3 Å². The number of β-amino-alcohol motifs (C(OH)–C–C–N with tert-alkyl or cyclic N) is 1. The van der Waals surface area contributed by atoms with Crippen molar-refractivity contribution in [3.63, 3.8) is 0 Å². The third kappa shape index (κ3) is 4.01. The van der Waals surface area contributed by atoms with Crippen LogP contribution < -0.4 is 5.32 Å². The average molecular weight is 470 g/mol. The fraction of sp³-hybridized carbons (Fsp3) is 0.429. The van der Waals surface area contributed by atoms with E-state index in [1.54, 1.807) is 47.5 Å². The molecule has 2 amide bonds. The predicted octanol–water partition coefficient (Wildman–Crippen LogP) is 0.341. The first-order valence-corrected chi connectivity index (χ1v) is 11.4. The van der Waals surface area contributed by atoms with Gasteiger partial charge in [0, 0.05) is 50.9 Å². The van der Waals surface area contributed by atoms with Gasteiger partial charge in [-0.15, -0.1) is 11.3 Å². The van der Waals surface area contributed by atoms with Crippen molar-refractivity contribution < 1.29 is 19.4 Å². The van der Waals surface area contributed by atoms with Crippen molar-refractivity contribution in [3.8, 4) is 10.8 Å². The second-order valence-corrected chi connectivity index (χ2v) is 9.17. The van der Waals surface area contributed by atoms with Gasteiger partial charge in [-0.05, 0) is 18.9 Å². The molecular weight excluding hydrogens is 446 g/mol. The predicted molar refractivity (Wildman–Crippen MR) is 117 cm³/mol. The SMILES string of the molecule is Cn1cc(C2(C(=O)N3C[C@@H](O)[C@H](NC(=O)c4cnc(-c5ncccn5)s4)C3)CCCO2)cn1. The Kier molecular flexibility index (Phi) is 5.64. The smallest absolute Gasteiger partial charge is 0.263 e. The first kappa shape index (κ1) is 21.6. The van der Waals surface area contributed by atoms with Gasteiger partial charge in [0.05, 0.1) is 24.5 Å². The molecule has 2 fully saturated rings. The van der Waals surface area contributed by atoms with Crippen molar-refractivity contribution in [1.29, 1.82) is 0 Å². The molecular formula is C21H23N7O4S. The molecule has 0 aliphatic carbocycles. The van der Waals surface area contributed by atoms with Crippen LogP contribution in [0.1, 0.15) is 28.1 Å². The topological polar surface area (TPSA) is 135 Å². The lowest BCUT2D eigenvalue weighted by Crippen LogP contribution is -2.47. The number of nitrogens with one attached hydrogen (secondary N) is 1. The van der Waals surface area contributed by atoms with E-state index in [1.807, 2.05) is 0 Å². The summed E-state index contributed by atoms with van der Waals surface area (Å²) in [6.07, 6.45) is 8.52. The van der Waals surface area contributed by atoms with Crippen molar-refractivity contribution in [2.75, 3.05) is 19.7 Å². The maximum atomic E-state index is 13.5. The minimum atomic E-state index is -1.10. The van der Waals surface area contributed by atoms with Crippen molar-refractivity contribution in [3.05, 3.63) is 47.5 Å². The molecule has 3 atom stereocenters. The maximum Gasteiger partial charge on any atom is 0.263 e. The van der Waals surface area contributed by atoms with E-state index >= 15 is 0 Å². The van der Waals surface area contributed by atoms with Crippen molar-refractivity contribution in [1.82, 2.24) is 34.9 Å². The number of rotatable bonds is 5. The van der Waals surface area contributed by atoms with Crippen molar-refractivity contribution in [2.24, 2.45) is 7.05 Å². The fourth-order valence-electron chi connectivity index (χ4n) is 4.27. The van der Waals surface area contributed by atoms with Crippen LogP contribution >= 0.6 is 11.3 Å². The highest BCUT2D eigenvalue weighted by Gasteiger charge is 2.50. The molecule has 0 aromatic carbocycles. The second kappa shape index (κ2) is 8.61. The number of amides is 2. The normalized spacial score (nSPS) is 24.8. The van der Waals surface area contributed by atoms with Gasteiger partial charge in [-0.25, -0.2) is 15.0 Å². The summed E-state index contributed by atoms with van der Waals surface area (Å²) in [5, 5.41) is 18.1. The molecule has 2 N–H and O–H groups in total. The summed E-state index contributed by atoms with van der Waals surface area (Å²) in [5.74, 6) is -0.145. The molecule has 5 heterocycles. The monoisotopic (exact) mass is 469 g/mol. The lowest BCUT2D eigenvalue weighted by molar-refractivity contribution is -0.153. The third-order valence-electron chi connectivity index (χ3n) is 5.92. The molecule has 11 nitrogen and oxygen atoms in total. The Hall–Kier alpha value is -3.22. The summed E-state index contributed by atoms with van der Waals surface area (Å²) in [7, 11) is 1.79. The number of aryl methyl sites for hydroxylation is 1. The van der Waals surface area contributed by atoms with E-state index in [0.29, 0.717) is 34.3 Å². The summed E-state index contributed by atoms with van der Waals surface area (Å²) >= 11 is 1.17. The molecule has 2 aliphatic rings. The van der Waals surface area contributed by atoms with Crippen LogP contribution in [0.15, 0.2) is 37.1 Å². The van der Waals surface area contributed by atoms with E-state index in [9.17, 15) is 14.7 Å². The van der Waals surface area contributed by atoms with Crippen LogP contribution in [0.3, 0.4) is 0 Å². The Morgan fingerprint density at radius 2 is 2.06 bits per heavy atom. The Balaban J connectivity index is 1.28. The fourth-order valence-corrected chi connectivity index (χ4v) is 5.04. The Morgan fingerprint density at radius 1 is 1.24 bits per heavy atom. The molecule has 1 unspecified atom stereocenters. The number of thiazole rings is 1. The van der Waals surface area contributed by atoms with Gasteiger partial charge < -0.3 is 20.1 Å². The summed E-state index contributed by atoms with van der Waals surface area (Å²) in [6, 6.07) is 1.10. The second-order valence-electron chi connectivity index (χ2n) is 8.14. The van der Waals surface area contributed by atoms with Crippen LogP contribution in [-0.4, -0.2) is 78.4 Å². The zero-order valence-corrected chi connectivity index (χ0v) is 18.7. The van der Waals surface area contributed by atoms with E-state index in [0.717, 1.165) is 6.42 Å². The molecule has 2 aliphatic heterocycles. The molecule has 3 aromatic heterocycles. The number of nitrogens with zero attached hydrogens (tertiary/aromatic N) is 6. The number of aliphatic hydroxyl groups excluding tert-OH is 1. The molecule has 0 radical (unpaired) electrons. The van der Waals surface area contributed by atoms with Gasteiger partial charge in [0.1, 0.15) is 4.88 Å². The molecule has 2 saturated heterocycles. The highest BCUT2D eigenvalue weighted by Crippen LogP contribution is 2.38. The number of likely N-dealkylation sites (tertiary alicyclic amines) is 1. The first-order valence-electron chi connectivity index (χ1n) is 10.6. The summed E-state index contributed by atoms with van der Waals surface area (Å²) < 4.78 is 7.58. The van der Waals surface area contributed by atoms with Crippen LogP contribution in [-0.2, 0) is 22.2 Å². The van der Waals surface area contributed by atoms with Gasteiger partial charge in [0.2, 0.25) is 0 Å². The van der Waals surface area contributed by atoms with Crippen LogP contribution in [0.25, 0.3) is 10.8 Å². The van der Waals surface area contributed by atoms with Gasteiger partial charge >= 0.3 is 0 Å². The zero-order valence-electron chi connectivity index (χ0n) is 17.9. The van der Waals surface area contributed by atoms with Gasteiger partial charge in [-0.2, -0.15) is 5.10 Å².